The quantitative estimate of drug-likeness (QED) is 0.482. The Morgan fingerprint density at radius 3 is 2.24 bits per heavy atom. The highest BCUT2D eigenvalue weighted by Crippen LogP contribution is 2.50. The summed E-state index contributed by atoms with van der Waals surface area (Å²) in [5.41, 5.74) is 0.800. The minimum absolute atomic E-state index is 0.0232. The summed E-state index contributed by atoms with van der Waals surface area (Å²) in [5, 5.41) is 28.8. The molecule has 1 aromatic carbocycles. The van der Waals surface area contributed by atoms with Gasteiger partial charge in [0.05, 0.1) is 0 Å². The first kappa shape index (κ1) is 26.9. The Bertz CT molecular complexity index is 1270. The predicted octanol–water partition coefficient (Wildman–Crippen LogP) is 4.23. The van der Waals surface area contributed by atoms with Crippen LogP contribution in [0.1, 0.15) is 81.9 Å². The molecule has 0 aliphatic carbocycles. The Labute approximate surface area is 225 Å². The van der Waals surface area contributed by atoms with Gasteiger partial charge in [-0.3, -0.25) is 4.98 Å². The number of rotatable bonds is 7. The number of benzene rings is 1. The largest absolute Gasteiger partial charge is 0.382 e. The topological polar surface area (TPSA) is 96.5 Å². The SMILES string of the molecule is CC(C)c1ccc([C@](O)(c2cncc(-c3nc(C4(O)CCOCC4)n(C(C)C)n3)c2)C2(C)CN(C)C2)cc1. The van der Waals surface area contributed by atoms with Crippen molar-refractivity contribution in [1.82, 2.24) is 24.6 Å². The second-order valence-corrected chi connectivity index (χ2v) is 12.1. The Morgan fingerprint density at radius 2 is 1.66 bits per heavy atom. The van der Waals surface area contributed by atoms with Gasteiger partial charge in [0.1, 0.15) is 11.2 Å². The van der Waals surface area contributed by atoms with Gasteiger partial charge in [0, 0.05) is 74.1 Å². The van der Waals surface area contributed by atoms with Gasteiger partial charge < -0.3 is 19.8 Å². The molecule has 2 N–H and O–H groups in total. The third-order valence-corrected chi connectivity index (χ3v) is 8.38. The van der Waals surface area contributed by atoms with E-state index in [1.807, 2.05) is 24.6 Å². The number of hydrogen-bond donors (Lipinski definition) is 2. The summed E-state index contributed by atoms with van der Waals surface area (Å²) in [4.78, 5) is 11.6. The summed E-state index contributed by atoms with van der Waals surface area (Å²) in [5.74, 6) is 1.47. The molecule has 5 rings (SSSR count). The summed E-state index contributed by atoms with van der Waals surface area (Å²) < 4.78 is 7.30. The fourth-order valence-electron chi connectivity index (χ4n) is 6.16. The van der Waals surface area contributed by atoms with Crippen LogP contribution in [0.2, 0.25) is 0 Å². The van der Waals surface area contributed by atoms with Crippen LogP contribution in [0.15, 0.2) is 42.7 Å². The number of ether oxygens (including phenoxy) is 1. The van der Waals surface area contributed by atoms with Crippen molar-refractivity contribution in [3.05, 3.63) is 65.2 Å². The van der Waals surface area contributed by atoms with Crippen LogP contribution in [0.4, 0.5) is 0 Å². The van der Waals surface area contributed by atoms with Gasteiger partial charge in [0.2, 0.25) is 0 Å². The molecule has 2 aliphatic rings. The van der Waals surface area contributed by atoms with Gasteiger partial charge in [-0.05, 0) is 44.0 Å². The lowest BCUT2D eigenvalue weighted by Gasteiger charge is -2.55. The molecule has 0 unspecified atom stereocenters. The molecule has 204 valence electrons. The molecule has 0 saturated carbocycles. The summed E-state index contributed by atoms with van der Waals surface area (Å²) in [6, 6.07) is 10.3. The molecule has 38 heavy (non-hydrogen) atoms. The zero-order valence-electron chi connectivity index (χ0n) is 23.5. The zero-order chi connectivity index (χ0) is 27.3. The van der Waals surface area contributed by atoms with Crippen molar-refractivity contribution in [3.63, 3.8) is 0 Å². The first-order valence-electron chi connectivity index (χ1n) is 13.7. The third-order valence-electron chi connectivity index (χ3n) is 8.38. The molecule has 0 bridgehead atoms. The minimum Gasteiger partial charge on any atom is -0.382 e. The predicted molar refractivity (Wildman–Crippen MR) is 147 cm³/mol. The fourth-order valence-corrected chi connectivity index (χ4v) is 6.16. The van der Waals surface area contributed by atoms with Crippen LogP contribution in [-0.2, 0) is 15.9 Å². The molecule has 0 amide bonds. The van der Waals surface area contributed by atoms with E-state index in [4.69, 9.17) is 14.8 Å². The van der Waals surface area contributed by atoms with Crippen molar-refractivity contribution in [2.24, 2.45) is 5.41 Å². The lowest BCUT2D eigenvalue weighted by Crippen LogP contribution is -2.63. The van der Waals surface area contributed by atoms with Gasteiger partial charge in [0.25, 0.3) is 0 Å². The second-order valence-electron chi connectivity index (χ2n) is 12.1. The highest BCUT2D eigenvalue weighted by Gasteiger charge is 2.55. The first-order chi connectivity index (χ1) is 18.0. The Balaban J connectivity index is 1.60. The Hall–Kier alpha value is -2.65. The number of hydrogen-bond acceptors (Lipinski definition) is 7. The summed E-state index contributed by atoms with van der Waals surface area (Å²) in [6.45, 7) is 13.1. The summed E-state index contributed by atoms with van der Waals surface area (Å²) in [7, 11) is 2.07. The molecule has 2 saturated heterocycles. The van der Waals surface area contributed by atoms with Crippen LogP contribution in [0.3, 0.4) is 0 Å². The molecule has 0 radical (unpaired) electrons. The Kier molecular flexibility index (Phi) is 6.97. The number of aliphatic hydroxyl groups is 2. The van der Waals surface area contributed by atoms with E-state index >= 15 is 0 Å². The molecule has 2 aromatic heterocycles. The zero-order valence-corrected chi connectivity index (χ0v) is 23.5. The van der Waals surface area contributed by atoms with Gasteiger partial charge in [-0.1, -0.05) is 45.0 Å². The van der Waals surface area contributed by atoms with Crippen LogP contribution in [0, 0.1) is 5.41 Å². The number of pyridine rings is 1. The van der Waals surface area contributed by atoms with Gasteiger partial charge in [-0.2, -0.15) is 5.10 Å². The first-order valence-corrected chi connectivity index (χ1v) is 13.7. The van der Waals surface area contributed by atoms with E-state index in [1.54, 1.807) is 12.4 Å². The van der Waals surface area contributed by atoms with Gasteiger partial charge in [0.15, 0.2) is 11.6 Å². The van der Waals surface area contributed by atoms with Crippen molar-refractivity contribution in [3.8, 4) is 11.4 Å². The van der Waals surface area contributed by atoms with Gasteiger partial charge >= 0.3 is 0 Å². The average Bonchev–Trinajstić information content (AvgIpc) is 3.35. The number of nitrogens with zero attached hydrogens (tertiary/aromatic N) is 5. The maximum absolute atomic E-state index is 12.6. The molecular weight excluding hydrogens is 478 g/mol. The number of aromatic nitrogens is 4. The third kappa shape index (κ3) is 4.47. The van der Waals surface area contributed by atoms with Crippen molar-refractivity contribution in [2.75, 3.05) is 33.4 Å². The minimum atomic E-state index is -1.25. The highest BCUT2D eigenvalue weighted by atomic mass is 16.5. The fraction of sp³-hybridized carbons (Fsp3) is 0.567. The van der Waals surface area contributed by atoms with E-state index in [0.29, 0.717) is 49.2 Å². The van der Waals surface area contributed by atoms with E-state index < -0.39 is 16.6 Å². The maximum atomic E-state index is 12.6. The van der Waals surface area contributed by atoms with Gasteiger partial charge in [-0.25, -0.2) is 9.67 Å². The molecule has 0 spiro atoms. The molecule has 8 nitrogen and oxygen atoms in total. The summed E-state index contributed by atoms with van der Waals surface area (Å²) >= 11 is 0. The average molecular weight is 520 g/mol. The molecule has 2 aliphatic heterocycles. The second kappa shape index (κ2) is 9.83. The standard InChI is InChI=1S/C30H41N5O3/c1-20(2)22-7-9-24(10-8-22)30(37,28(5)18-34(6)19-28)25-15-23(16-31-17-25)26-32-27(35(33-26)21(3)4)29(36)11-13-38-14-12-29/h7-10,15-17,20-21,36-37H,11-14,18-19H2,1-6H3/t30-/m0/s1. The van der Waals surface area contributed by atoms with Crippen LogP contribution < -0.4 is 0 Å². The van der Waals surface area contributed by atoms with Crippen LogP contribution in [-0.4, -0.2) is 68.2 Å². The van der Waals surface area contributed by atoms with Gasteiger partial charge in [-0.15, -0.1) is 0 Å². The Morgan fingerprint density at radius 1 is 1.00 bits per heavy atom. The smallest absolute Gasteiger partial charge is 0.183 e. The van der Waals surface area contributed by atoms with Crippen molar-refractivity contribution in [1.29, 1.82) is 0 Å². The molecular formula is C30H41N5O3. The lowest BCUT2D eigenvalue weighted by molar-refractivity contribution is -0.127. The van der Waals surface area contributed by atoms with Crippen molar-refractivity contribution < 1.29 is 14.9 Å². The van der Waals surface area contributed by atoms with Crippen LogP contribution >= 0.6 is 0 Å². The van der Waals surface area contributed by atoms with Crippen LogP contribution in [0.25, 0.3) is 11.4 Å². The molecule has 2 fully saturated rings. The van der Waals surface area contributed by atoms with Crippen molar-refractivity contribution in [2.45, 2.75) is 70.6 Å². The highest BCUT2D eigenvalue weighted by molar-refractivity contribution is 5.56. The lowest BCUT2D eigenvalue weighted by atomic mass is 9.62. The normalized spacial score (nSPS) is 20.9. The molecule has 8 heteroatoms. The summed E-state index contributed by atoms with van der Waals surface area (Å²) in [6.07, 6.45) is 4.46. The van der Waals surface area contributed by atoms with E-state index in [-0.39, 0.29) is 6.04 Å². The maximum Gasteiger partial charge on any atom is 0.183 e. The van der Waals surface area contributed by atoms with E-state index in [9.17, 15) is 10.2 Å². The monoisotopic (exact) mass is 519 g/mol. The molecule has 3 aromatic rings. The molecule has 4 heterocycles. The molecule has 1 atom stereocenters. The van der Waals surface area contributed by atoms with E-state index in [0.717, 1.165) is 24.2 Å². The van der Waals surface area contributed by atoms with Crippen LogP contribution in [0.5, 0.6) is 0 Å². The van der Waals surface area contributed by atoms with E-state index in [1.165, 1.54) is 5.56 Å². The van der Waals surface area contributed by atoms with E-state index in [2.05, 4.69) is 62.0 Å². The number of likely N-dealkylation sites (tertiary alicyclic amines) is 1. The van der Waals surface area contributed by atoms with Crippen molar-refractivity contribution >= 4 is 0 Å².